The normalized spacial score (nSPS) is 19.2. The Balaban J connectivity index is 2.31. The number of nitrogen functional groups attached to an aromatic ring is 1. The molecular formula is C13H17N3O3. The van der Waals surface area contributed by atoms with E-state index in [1.165, 1.54) is 17.0 Å². The van der Waals surface area contributed by atoms with Gasteiger partial charge in [0, 0.05) is 6.54 Å². The van der Waals surface area contributed by atoms with Crippen LogP contribution in [0.1, 0.15) is 29.6 Å². The number of primary amides is 1. The molecule has 2 amide bonds. The maximum absolute atomic E-state index is 12.4. The maximum Gasteiger partial charge on any atom is 0.258 e. The molecule has 1 unspecified atom stereocenters. The van der Waals surface area contributed by atoms with Crippen LogP contribution in [0, 0.1) is 0 Å². The van der Waals surface area contributed by atoms with Gasteiger partial charge in [-0.2, -0.15) is 0 Å². The molecule has 1 aliphatic heterocycles. The van der Waals surface area contributed by atoms with E-state index in [0.29, 0.717) is 13.0 Å². The van der Waals surface area contributed by atoms with Crippen LogP contribution < -0.4 is 11.5 Å². The molecule has 6 nitrogen and oxygen atoms in total. The van der Waals surface area contributed by atoms with Gasteiger partial charge in [0.15, 0.2) is 5.75 Å². The standard InChI is InChI=1S/C13H17N3O3/c14-9-5-3-4-8(11(9)17)13(19)16-7-2-1-6-10(16)12(15)18/h3-5,10,17H,1-2,6-7,14H2,(H2,15,18). The van der Waals surface area contributed by atoms with Crippen LogP contribution in [0.5, 0.6) is 5.75 Å². The summed E-state index contributed by atoms with van der Waals surface area (Å²) in [7, 11) is 0. The highest BCUT2D eigenvalue weighted by atomic mass is 16.3. The summed E-state index contributed by atoms with van der Waals surface area (Å²) < 4.78 is 0. The smallest absolute Gasteiger partial charge is 0.258 e. The van der Waals surface area contributed by atoms with Gasteiger partial charge in [-0.15, -0.1) is 0 Å². The van der Waals surface area contributed by atoms with Gasteiger partial charge in [0.25, 0.3) is 5.91 Å². The van der Waals surface area contributed by atoms with Crippen molar-refractivity contribution in [2.45, 2.75) is 25.3 Å². The summed E-state index contributed by atoms with van der Waals surface area (Å²) in [5.74, 6) is -1.17. The Morgan fingerprint density at radius 1 is 1.32 bits per heavy atom. The first-order valence-corrected chi connectivity index (χ1v) is 6.20. The van der Waals surface area contributed by atoms with E-state index in [0.717, 1.165) is 12.8 Å². The third kappa shape index (κ3) is 2.47. The fourth-order valence-corrected chi connectivity index (χ4v) is 2.36. The van der Waals surface area contributed by atoms with Crippen LogP contribution in [-0.2, 0) is 4.79 Å². The summed E-state index contributed by atoms with van der Waals surface area (Å²) in [6, 6.07) is 3.97. The number of para-hydroxylation sites is 1. The lowest BCUT2D eigenvalue weighted by molar-refractivity contribution is -0.123. The van der Waals surface area contributed by atoms with Crippen molar-refractivity contribution < 1.29 is 14.7 Å². The Morgan fingerprint density at radius 3 is 2.74 bits per heavy atom. The number of aromatic hydroxyl groups is 1. The minimum atomic E-state index is -0.609. The summed E-state index contributed by atoms with van der Waals surface area (Å²) in [6.45, 7) is 0.459. The molecule has 19 heavy (non-hydrogen) atoms. The van der Waals surface area contributed by atoms with Crippen LogP contribution in [0.3, 0.4) is 0 Å². The summed E-state index contributed by atoms with van der Waals surface area (Å²) in [4.78, 5) is 25.2. The third-order valence-corrected chi connectivity index (χ3v) is 3.39. The van der Waals surface area contributed by atoms with Crippen LogP contribution >= 0.6 is 0 Å². The molecule has 0 aliphatic carbocycles. The van der Waals surface area contributed by atoms with Crippen molar-refractivity contribution >= 4 is 17.5 Å². The average molecular weight is 263 g/mol. The van der Waals surface area contributed by atoms with E-state index in [2.05, 4.69) is 0 Å². The number of carbonyl (C=O) groups is 2. The fourth-order valence-electron chi connectivity index (χ4n) is 2.36. The summed E-state index contributed by atoms with van der Waals surface area (Å²) in [5.41, 5.74) is 11.1. The highest BCUT2D eigenvalue weighted by Crippen LogP contribution is 2.28. The van der Waals surface area contributed by atoms with Gasteiger partial charge in [-0.25, -0.2) is 0 Å². The van der Waals surface area contributed by atoms with Crippen molar-refractivity contribution in [3.05, 3.63) is 23.8 Å². The molecule has 102 valence electrons. The molecule has 1 aromatic rings. The monoisotopic (exact) mass is 263 g/mol. The zero-order chi connectivity index (χ0) is 14.0. The van der Waals surface area contributed by atoms with Gasteiger partial charge >= 0.3 is 0 Å². The molecule has 1 aromatic carbocycles. The highest BCUT2D eigenvalue weighted by molar-refractivity contribution is 6.00. The lowest BCUT2D eigenvalue weighted by atomic mass is 10.00. The molecule has 1 fully saturated rings. The zero-order valence-electron chi connectivity index (χ0n) is 10.5. The van der Waals surface area contributed by atoms with E-state index in [1.807, 2.05) is 0 Å². The number of piperidine rings is 1. The number of rotatable bonds is 2. The molecule has 6 heteroatoms. The second-order valence-electron chi connectivity index (χ2n) is 4.66. The number of phenolic OH excluding ortho intramolecular Hbond substituents is 1. The minimum Gasteiger partial charge on any atom is -0.505 e. The second-order valence-corrected chi connectivity index (χ2v) is 4.66. The van der Waals surface area contributed by atoms with Crippen molar-refractivity contribution in [2.24, 2.45) is 5.73 Å². The highest BCUT2D eigenvalue weighted by Gasteiger charge is 2.32. The molecule has 0 spiro atoms. The average Bonchev–Trinajstić information content (AvgIpc) is 2.41. The number of nitrogens with two attached hydrogens (primary N) is 2. The number of amides is 2. The van der Waals surface area contributed by atoms with Crippen LogP contribution in [0.2, 0.25) is 0 Å². The number of likely N-dealkylation sites (tertiary alicyclic amines) is 1. The van der Waals surface area contributed by atoms with Crippen molar-refractivity contribution in [1.29, 1.82) is 0 Å². The summed E-state index contributed by atoms with van der Waals surface area (Å²) in [5, 5.41) is 9.83. The summed E-state index contributed by atoms with van der Waals surface area (Å²) in [6.07, 6.45) is 2.24. The molecule has 1 aliphatic rings. The molecule has 2 rings (SSSR count). The van der Waals surface area contributed by atoms with Crippen LogP contribution in [0.15, 0.2) is 18.2 Å². The van der Waals surface area contributed by atoms with E-state index in [4.69, 9.17) is 11.5 Å². The number of nitrogens with zero attached hydrogens (tertiary/aromatic N) is 1. The largest absolute Gasteiger partial charge is 0.505 e. The molecule has 0 aromatic heterocycles. The third-order valence-electron chi connectivity index (χ3n) is 3.39. The van der Waals surface area contributed by atoms with Crippen LogP contribution in [0.4, 0.5) is 5.69 Å². The van der Waals surface area contributed by atoms with Gasteiger partial charge < -0.3 is 21.5 Å². The predicted octanol–water partition coefficient (Wildman–Crippen LogP) is 0.454. The first-order valence-electron chi connectivity index (χ1n) is 6.20. The maximum atomic E-state index is 12.4. The lowest BCUT2D eigenvalue weighted by Crippen LogP contribution is -2.50. The lowest BCUT2D eigenvalue weighted by Gasteiger charge is -2.33. The number of carbonyl (C=O) groups excluding carboxylic acids is 2. The van der Waals surface area contributed by atoms with Crippen LogP contribution in [-0.4, -0.2) is 34.4 Å². The van der Waals surface area contributed by atoms with Crippen molar-refractivity contribution in [2.75, 3.05) is 12.3 Å². The van der Waals surface area contributed by atoms with E-state index in [1.54, 1.807) is 6.07 Å². The number of hydrogen-bond acceptors (Lipinski definition) is 4. The topological polar surface area (TPSA) is 110 Å². The van der Waals surface area contributed by atoms with Gasteiger partial charge in [0.2, 0.25) is 5.91 Å². The van der Waals surface area contributed by atoms with Crippen LogP contribution in [0.25, 0.3) is 0 Å². The van der Waals surface area contributed by atoms with Gasteiger partial charge in [0.1, 0.15) is 6.04 Å². The molecule has 1 atom stereocenters. The SMILES string of the molecule is NC(=O)C1CCCCN1C(=O)c1cccc(N)c1O. The molecule has 0 radical (unpaired) electrons. The molecule has 1 saturated heterocycles. The fraction of sp³-hybridized carbons (Fsp3) is 0.385. The van der Waals surface area contributed by atoms with E-state index >= 15 is 0 Å². The summed E-state index contributed by atoms with van der Waals surface area (Å²) >= 11 is 0. The first-order chi connectivity index (χ1) is 9.02. The number of phenols is 1. The zero-order valence-corrected chi connectivity index (χ0v) is 10.5. The number of hydrogen-bond donors (Lipinski definition) is 3. The molecule has 1 heterocycles. The van der Waals surface area contributed by atoms with E-state index < -0.39 is 17.9 Å². The number of anilines is 1. The van der Waals surface area contributed by atoms with E-state index in [-0.39, 0.29) is 17.0 Å². The quantitative estimate of drug-likeness (QED) is 0.531. The number of benzene rings is 1. The molecule has 0 saturated carbocycles. The Hall–Kier alpha value is -2.24. The van der Waals surface area contributed by atoms with E-state index in [9.17, 15) is 14.7 Å². The van der Waals surface area contributed by atoms with Crippen molar-refractivity contribution in [1.82, 2.24) is 4.90 Å². The Kier molecular flexibility index (Phi) is 3.59. The van der Waals surface area contributed by atoms with Crippen molar-refractivity contribution in [3.8, 4) is 5.75 Å². The second kappa shape index (κ2) is 5.17. The molecular weight excluding hydrogens is 246 g/mol. The Bertz CT molecular complexity index is 516. The van der Waals surface area contributed by atoms with Gasteiger partial charge in [-0.05, 0) is 31.4 Å². The Morgan fingerprint density at radius 2 is 2.05 bits per heavy atom. The predicted molar refractivity (Wildman–Crippen MR) is 70.4 cm³/mol. The van der Waals surface area contributed by atoms with Gasteiger partial charge in [-0.3, -0.25) is 9.59 Å². The molecule has 5 N–H and O–H groups in total. The molecule has 0 bridgehead atoms. The minimum absolute atomic E-state index is 0.105. The van der Waals surface area contributed by atoms with Gasteiger partial charge in [-0.1, -0.05) is 6.07 Å². The first kappa shape index (κ1) is 13.2. The van der Waals surface area contributed by atoms with Gasteiger partial charge in [0.05, 0.1) is 11.3 Å². The Labute approximate surface area is 111 Å². The van der Waals surface area contributed by atoms with Crippen molar-refractivity contribution in [3.63, 3.8) is 0 Å².